The number of fused-ring (bicyclic) bond motifs is 6. The maximum atomic E-state index is 4.95. The number of benzene rings is 8. The molecule has 74 heavy (non-hydrogen) atoms. The Kier molecular flexibility index (Phi) is 10.2. The second-order valence-electron chi connectivity index (χ2n) is 18.0. The van der Waals surface area contributed by atoms with Gasteiger partial charge in [0.25, 0.3) is 0 Å². The van der Waals surface area contributed by atoms with Crippen LogP contribution >= 0.6 is 0 Å². The fourth-order valence-corrected chi connectivity index (χ4v) is 10.0. The molecule has 14 rings (SSSR count). The molecule has 10 nitrogen and oxygen atoms in total. The molecule has 0 bridgehead atoms. The molecule has 346 valence electrons. The smallest absolute Gasteiger partial charge is 0.182 e. The summed E-state index contributed by atoms with van der Waals surface area (Å²) in [5.74, 6) is 3.42. The van der Waals surface area contributed by atoms with Crippen LogP contribution in [0.4, 0.5) is 0 Å². The number of rotatable bonds is 9. The van der Waals surface area contributed by atoms with Gasteiger partial charge >= 0.3 is 0 Å². The van der Waals surface area contributed by atoms with Crippen LogP contribution < -0.4 is 0 Å². The molecule has 0 spiro atoms. The van der Waals surface area contributed by atoms with Crippen LogP contribution in [0.25, 0.3) is 135 Å². The van der Waals surface area contributed by atoms with Gasteiger partial charge in [0.05, 0.1) is 22.1 Å². The van der Waals surface area contributed by atoms with E-state index < -0.39 is 0 Å². The summed E-state index contributed by atoms with van der Waals surface area (Å²) < 4.78 is 4.68. The van der Waals surface area contributed by atoms with Crippen molar-refractivity contribution in [3.05, 3.63) is 243 Å². The zero-order chi connectivity index (χ0) is 49.0. The zero-order valence-corrected chi connectivity index (χ0v) is 39.6. The van der Waals surface area contributed by atoms with Crippen molar-refractivity contribution in [1.29, 1.82) is 0 Å². The van der Waals surface area contributed by atoms with Gasteiger partial charge in [0, 0.05) is 67.6 Å². The lowest BCUT2D eigenvalue weighted by molar-refractivity contribution is 1.06. The van der Waals surface area contributed by atoms with Gasteiger partial charge in [-0.3, -0.25) is 9.97 Å². The number of nitrogens with zero attached hydrogens (tertiary/aromatic N) is 10. The molecule has 0 saturated heterocycles. The lowest BCUT2D eigenvalue weighted by atomic mass is 10.0. The molecule has 0 aliphatic heterocycles. The number of pyridine rings is 2. The Hall–Kier alpha value is -10.3. The molecule has 0 radical (unpaired) electrons. The highest BCUT2D eigenvalue weighted by molar-refractivity contribution is 6.12. The van der Waals surface area contributed by atoms with Crippen molar-refractivity contribution in [3.8, 4) is 91.1 Å². The van der Waals surface area contributed by atoms with Crippen molar-refractivity contribution in [2.45, 2.75) is 0 Å². The van der Waals surface area contributed by atoms with E-state index in [0.29, 0.717) is 46.3 Å². The number of para-hydroxylation sites is 2. The van der Waals surface area contributed by atoms with Crippen LogP contribution in [0, 0.1) is 0 Å². The highest BCUT2D eigenvalue weighted by Crippen LogP contribution is 2.39. The van der Waals surface area contributed by atoms with Crippen molar-refractivity contribution >= 4 is 43.6 Å². The van der Waals surface area contributed by atoms with Crippen molar-refractivity contribution in [2.75, 3.05) is 0 Å². The summed E-state index contributed by atoms with van der Waals surface area (Å²) in [5, 5.41) is 4.72. The molecule has 10 heteroatoms. The summed E-state index contributed by atoms with van der Waals surface area (Å²) in [4.78, 5) is 38.5. The highest BCUT2D eigenvalue weighted by Gasteiger charge is 2.19. The predicted molar refractivity (Wildman–Crippen MR) is 296 cm³/mol. The summed E-state index contributed by atoms with van der Waals surface area (Å²) in [7, 11) is 0. The highest BCUT2D eigenvalue weighted by atomic mass is 15.1. The number of hydrogen-bond donors (Lipinski definition) is 0. The fourth-order valence-electron chi connectivity index (χ4n) is 10.0. The van der Waals surface area contributed by atoms with Crippen LogP contribution in [0.2, 0.25) is 0 Å². The lowest BCUT2D eigenvalue weighted by Gasteiger charge is -2.11. The average molecular weight is 949 g/mol. The average Bonchev–Trinajstić information content (AvgIpc) is 4.02. The van der Waals surface area contributed by atoms with E-state index in [0.717, 1.165) is 66.8 Å². The lowest BCUT2D eigenvalue weighted by Crippen LogP contribution is -2.01. The van der Waals surface area contributed by atoms with Crippen LogP contribution in [0.15, 0.2) is 243 Å². The Balaban J connectivity index is 0.814. The topological polar surface area (TPSA) is 113 Å². The molecule has 0 aliphatic carbocycles. The van der Waals surface area contributed by atoms with Gasteiger partial charge < -0.3 is 9.13 Å². The van der Waals surface area contributed by atoms with Gasteiger partial charge in [-0.1, -0.05) is 121 Å². The molecule has 6 aromatic heterocycles. The minimum absolute atomic E-state index is 0.527. The third-order valence-corrected chi connectivity index (χ3v) is 13.6. The molecule has 0 saturated carbocycles. The molecule has 8 aromatic carbocycles. The Morgan fingerprint density at radius 1 is 0.230 bits per heavy atom. The third kappa shape index (κ3) is 7.53. The van der Waals surface area contributed by atoms with Crippen LogP contribution in [0.3, 0.4) is 0 Å². The van der Waals surface area contributed by atoms with E-state index in [-0.39, 0.29) is 0 Å². The maximum Gasteiger partial charge on any atom is 0.182 e. The molecule has 14 aromatic rings. The molecular formula is C64H40N10. The number of hydrogen-bond acceptors (Lipinski definition) is 8. The van der Waals surface area contributed by atoms with E-state index in [1.54, 1.807) is 12.4 Å². The largest absolute Gasteiger partial charge is 0.309 e. The Morgan fingerprint density at radius 3 is 0.946 bits per heavy atom. The molecular weight excluding hydrogens is 909 g/mol. The van der Waals surface area contributed by atoms with Gasteiger partial charge in [-0.25, -0.2) is 29.9 Å². The first-order valence-corrected chi connectivity index (χ1v) is 24.4. The standard InChI is InChI=1S/C64H40N10/c1-3-15-41(16-4-1)59-67-61(71-63(69-59)53-21-11-13-37-65-53)43-25-31-47(32-26-43)73-55-23-9-7-19-49(55)51-39-45(29-35-57(51)73)46-30-36-58-52(40-46)50-20-8-10-24-56(50)74(58)48-33-27-44(28-34-48)62-68-60(42-17-5-2-6-18-42)70-64(72-62)54-22-12-14-38-66-54/h1-40H. The van der Waals surface area contributed by atoms with Gasteiger partial charge in [-0.05, 0) is 120 Å². The van der Waals surface area contributed by atoms with Gasteiger partial charge in [-0.2, -0.15) is 0 Å². The summed E-state index contributed by atoms with van der Waals surface area (Å²) in [6.45, 7) is 0. The minimum Gasteiger partial charge on any atom is -0.309 e. The zero-order valence-electron chi connectivity index (χ0n) is 39.6. The van der Waals surface area contributed by atoms with Crippen LogP contribution in [-0.4, -0.2) is 49.0 Å². The molecule has 0 N–H and O–H groups in total. The van der Waals surface area contributed by atoms with Gasteiger partial charge in [0.2, 0.25) is 0 Å². The monoisotopic (exact) mass is 948 g/mol. The summed E-state index contributed by atoms with van der Waals surface area (Å²) >= 11 is 0. The first kappa shape index (κ1) is 42.5. The fraction of sp³-hybridized carbons (Fsp3) is 0. The first-order valence-electron chi connectivity index (χ1n) is 24.4. The van der Waals surface area contributed by atoms with Crippen molar-refractivity contribution in [3.63, 3.8) is 0 Å². The van der Waals surface area contributed by atoms with Crippen molar-refractivity contribution < 1.29 is 0 Å². The van der Waals surface area contributed by atoms with E-state index in [1.807, 2.05) is 97.1 Å². The number of aromatic nitrogens is 10. The minimum atomic E-state index is 0.527. The summed E-state index contributed by atoms with van der Waals surface area (Å²) in [6, 6.07) is 79.3. The van der Waals surface area contributed by atoms with E-state index in [4.69, 9.17) is 29.9 Å². The van der Waals surface area contributed by atoms with Crippen LogP contribution in [0.1, 0.15) is 0 Å². The van der Waals surface area contributed by atoms with Crippen molar-refractivity contribution in [1.82, 2.24) is 49.0 Å². The SMILES string of the molecule is c1ccc(-c2nc(-c3ccc(-n4c5ccccc5c5cc(-c6ccc7c(c6)c6ccccc6n7-c6ccc(-c7nc(-c8ccccc8)nc(-c8ccccn8)n7)cc6)ccc54)cc3)nc(-c3ccccn3)n2)cc1. The molecule has 0 unspecified atom stereocenters. The maximum absolute atomic E-state index is 4.95. The predicted octanol–water partition coefficient (Wildman–Crippen LogP) is 14.7. The van der Waals surface area contributed by atoms with Crippen LogP contribution in [0.5, 0.6) is 0 Å². The molecule has 0 amide bonds. The van der Waals surface area contributed by atoms with Crippen molar-refractivity contribution in [2.24, 2.45) is 0 Å². The normalized spacial score (nSPS) is 11.5. The quantitative estimate of drug-likeness (QED) is 0.141. The summed E-state index contributed by atoms with van der Waals surface area (Å²) in [5.41, 5.74) is 13.8. The molecule has 0 aliphatic rings. The second-order valence-corrected chi connectivity index (χ2v) is 18.0. The second kappa shape index (κ2) is 17.8. The van der Waals surface area contributed by atoms with Gasteiger partial charge in [0.1, 0.15) is 11.4 Å². The van der Waals surface area contributed by atoms with E-state index in [2.05, 4.69) is 153 Å². The third-order valence-electron chi connectivity index (χ3n) is 13.6. The Morgan fingerprint density at radius 2 is 0.554 bits per heavy atom. The van der Waals surface area contributed by atoms with E-state index in [9.17, 15) is 0 Å². The molecule has 0 fully saturated rings. The summed E-state index contributed by atoms with van der Waals surface area (Å²) in [6.07, 6.45) is 3.51. The first-order chi connectivity index (χ1) is 36.7. The Labute approximate surface area is 424 Å². The van der Waals surface area contributed by atoms with E-state index in [1.165, 1.54) is 21.5 Å². The van der Waals surface area contributed by atoms with E-state index >= 15 is 0 Å². The molecule has 0 atom stereocenters. The van der Waals surface area contributed by atoms with Gasteiger partial charge in [0.15, 0.2) is 34.9 Å². The van der Waals surface area contributed by atoms with Crippen LogP contribution in [-0.2, 0) is 0 Å². The molecule has 6 heterocycles. The van der Waals surface area contributed by atoms with Gasteiger partial charge in [-0.15, -0.1) is 0 Å². The Bertz CT molecular complexity index is 3990.